The van der Waals surface area contributed by atoms with E-state index in [1.165, 1.54) is 12.8 Å². The highest BCUT2D eigenvalue weighted by atomic mass is 15.3. The standard InChI is InChI=1S/C13H16N4/c1-2-12(10-15-6-1)17-9-5-13(16-17)11-3-7-14-8-4-11/h3-5,7-9,12,15H,1-2,6,10H2/t12-/m1/s1. The van der Waals surface area contributed by atoms with Gasteiger partial charge in [0.25, 0.3) is 0 Å². The van der Waals surface area contributed by atoms with Gasteiger partial charge in [0.2, 0.25) is 0 Å². The van der Waals surface area contributed by atoms with Crippen LogP contribution in [-0.2, 0) is 0 Å². The second-order valence-electron chi connectivity index (χ2n) is 4.42. The van der Waals surface area contributed by atoms with E-state index in [1.807, 2.05) is 12.1 Å². The van der Waals surface area contributed by atoms with Crippen molar-refractivity contribution in [2.45, 2.75) is 18.9 Å². The van der Waals surface area contributed by atoms with Crippen molar-refractivity contribution in [3.8, 4) is 11.3 Å². The first-order valence-corrected chi connectivity index (χ1v) is 6.10. The van der Waals surface area contributed by atoms with E-state index in [0.717, 1.165) is 24.3 Å². The molecule has 0 radical (unpaired) electrons. The molecule has 2 aromatic rings. The summed E-state index contributed by atoms with van der Waals surface area (Å²) in [6.07, 6.45) is 8.13. The molecule has 1 atom stereocenters. The van der Waals surface area contributed by atoms with Crippen molar-refractivity contribution in [1.29, 1.82) is 0 Å². The van der Waals surface area contributed by atoms with Gasteiger partial charge in [-0.05, 0) is 37.6 Å². The Kier molecular flexibility index (Phi) is 2.88. The molecule has 1 N–H and O–H groups in total. The molecule has 1 saturated heterocycles. The lowest BCUT2D eigenvalue weighted by Gasteiger charge is -2.22. The molecule has 0 bridgehead atoms. The Bertz CT molecular complexity index is 471. The Labute approximate surface area is 101 Å². The number of nitrogens with zero attached hydrogens (tertiary/aromatic N) is 3. The van der Waals surface area contributed by atoms with E-state index in [4.69, 9.17) is 0 Å². The molecule has 17 heavy (non-hydrogen) atoms. The molecule has 0 saturated carbocycles. The zero-order chi connectivity index (χ0) is 11.5. The molecule has 2 aromatic heterocycles. The number of nitrogens with one attached hydrogen (secondary N) is 1. The second kappa shape index (κ2) is 4.67. The van der Waals surface area contributed by atoms with Crippen molar-refractivity contribution >= 4 is 0 Å². The third kappa shape index (κ3) is 2.22. The van der Waals surface area contributed by atoms with Gasteiger partial charge < -0.3 is 5.32 Å². The minimum atomic E-state index is 0.499. The molecule has 4 nitrogen and oxygen atoms in total. The predicted octanol–water partition coefficient (Wildman–Crippen LogP) is 1.87. The monoisotopic (exact) mass is 228 g/mol. The van der Waals surface area contributed by atoms with Crippen LogP contribution in [0.3, 0.4) is 0 Å². The topological polar surface area (TPSA) is 42.7 Å². The number of hydrogen-bond acceptors (Lipinski definition) is 3. The zero-order valence-corrected chi connectivity index (χ0v) is 9.71. The maximum absolute atomic E-state index is 4.65. The smallest absolute Gasteiger partial charge is 0.0924 e. The minimum Gasteiger partial charge on any atom is -0.315 e. The molecular weight excluding hydrogens is 212 g/mol. The number of rotatable bonds is 2. The van der Waals surface area contributed by atoms with Gasteiger partial charge in [0, 0.05) is 30.7 Å². The van der Waals surface area contributed by atoms with E-state index in [1.54, 1.807) is 12.4 Å². The first-order valence-electron chi connectivity index (χ1n) is 6.10. The normalized spacial score (nSPS) is 20.4. The van der Waals surface area contributed by atoms with Crippen LogP contribution in [0.25, 0.3) is 11.3 Å². The zero-order valence-electron chi connectivity index (χ0n) is 9.71. The molecule has 0 spiro atoms. The first kappa shape index (κ1) is 10.5. The van der Waals surface area contributed by atoms with Crippen molar-refractivity contribution in [3.05, 3.63) is 36.8 Å². The van der Waals surface area contributed by atoms with Crippen LogP contribution in [0.4, 0.5) is 0 Å². The van der Waals surface area contributed by atoms with Gasteiger partial charge in [0.05, 0.1) is 11.7 Å². The Morgan fingerprint density at radius 3 is 2.88 bits per heavy atom. The molecule has 1 fully saturated rings. The van der Waals surface area contributed by atoms with Crippen molar-refractivity contribution in [2.75, 3.05) is 13.1 Å². The minimum absolute atomic E-state index is 0.499. The van der Waals surface area contributed by atoms with Crippen molar-refractivity contribution < 1.29 is 0 Å². The van der Waals surface area contributed by atoms with Crippen LogP contribution in [0.2, 0.25) is 0 Å². The second-order valence-corrected chi connectivity index (χ2v) is 4.42. The van der Waals surface area contributed by atoms with Gasteiger partial charge in [0.1, 0.15) is 0 Å². The van der Waals surface area contributed by atoms with Crippen LogP contribution >= 0.6 is 0 Å². The summed E-state index contributed by atoms with van der Waals surface area (Å²) in [6.45, 7) is 2.16. The highest BCUT2D eigenvalue weighted by Crippen LogP contribution is 2.20. The molecule has 0 amide bonds. The van der Waals surface area contributed by atoms with Crippen LogP contribution in [0, 0.1) is 0 Å². The Morgan fingerprint density at radius 1 is 1.24 bits per heavy atom. The summed E-state index contributed by atoms with van der Waals surface area (Å²) in [5.41, 5.74) is 2.15. The molecule has 88 valence electrons. The molecule has 1 aliphatic rings. The summed E-state index contributed by atoms with van der Waals surface area (Å²) in [7, 11) is 0. The number of pyridine rings is 1. The van der Waals surface area contributed by atoms with Crippen LogP contribution in [0.15, 0.2) is 36.8 Å². The predicted molar refractivity (Wildman–Crippen MR) is 66.6 cm³/mol. The highest BCUT2D eigenvalue weighted by molar-refractivity contribution is 5.57. The molecule has 0 aliphatic carbocycles. The average Bonchev–Trinajstić information content (AvgIpc) is 2.90. The lowest BCUT2D eigenvalue weighted by molar-refractivity contribution is 0.347. The van der Waals surface area contributed by atoms with Crippen LogP contribution < -0.4 is 5.32 Å². The quantitative estimate of drug-likeness (QED) is 0.853. The van der Waals surface area contributed by atoms with Gasteiger partial charge in [-0.15, -0.1) is 0 Å². The van der Waals surface area contributed by atoms with Crippen LogP contribution in [0.5, 0.6) is 0 Å². The molecule has 0 aromatic carbocycles. The van der Waals surface area contributed by atoms with Crippen molar-refractivity contribution in [1.82, 2.24) is 20.1 Å². The van der Waals surface area contributed by atoms with E-state index >= 15 is 0 Å². The summed E-state index contributed by atoms with van der Waals surface area (Å²) in [5.74, 6) is 0. The summed E-state index contributed by atoms with van der Waals surface area (Å²) in [6, 6.07) is 6.56. The Balaban J connectivity index is 1.83. The van der Waals surface area contributed by atoms with Gasteiger partial charge in [-0.25, -0.2) is 0 Å². The lowest BCUT2D eigenvalue weighted by atomic mass is 10.1. The maximum Gasteiger partial charge on any atom is 0.0924 e. The number of aromatic nitrogens is 3. The number of piperidine rings is 1. The summed E-state index contributed by atoms with van der Waals surface area (Å²) >= 11 is 0. The summed E-state index contributed by atoms with van der Waals surface area (Å²) in [4.78, 5) is 4.02. The van der Waals surface area contributed by atoms with Crippen LogP contribution in [0.1, 0.15) is 18.9 Å². The first-order chi connectivity index (χ1) is 8.43. The third-order valence-corrected chi connectivity index (χ3v) is 3.23. The fraction of sp³-hybridized carbons (Fsp3) is 0.385. The summed E-state index contributed by atoms with van der Waals surface area (Å²) in [5, 5.41) is 8.06. The molecule has 3 rings (SSSR count). The SMILES string of the molecule is c1cc(-c2ccn([C@@H]3CCCNC3)n2)ccn1. The molecular formula is C13H16N4. The highest BCUT2D eigenvalue weighted by Gasteiger charge is 2.15. The fourth-order valence-corrected chi connectivity index (χ4v) is 2.28. The van der Waals surface area contributed by atoms with Crippen LogP contribution in [-0.4, -0.2) is 27.9 Å². The van der Waals surface area contributed by atoms with Gasteiger partial charge in [0.15, 0.2) is 0 Å². The molecule has 3 heterocycles. The fourth-order valence-electron chi connectivity index (χ4n) is 2.28. The van der Waals surface area contributed by atoms with E-state index in [0.29, 0.717) is 6.04 Å². The van der Waals surface area contributed by atoms with Crippen molar-refractivity contribution in [2.24, 2.45) is 0 Å². The van der Waals surface area contributed by atoms with E-state index in [2.05, 4.69) is 32.3 Å². The Hall–Kier alpha value is -1.68. The molecule has 1 aliphatic heterocycles. The van der Waals surface area contributed by atoms with E-state index in [-0.39, 0.29) is 0 Å². The Morgan fingerprint density at radius 2 is 2.12 bits per heavy atom. The lowest BCUT2D eigenvalue weighted by Crippen LogP contribution is -2.31. The van der Waals surface area contributed by atoms with Crippen molar-refractivity contribution in [3.63, 3.8) is 0 Å². The third-order valence-electron chi connectivity index (χ3n) is 3.23. The van der Waals surface area contributed by atoms with E-state index in [9.17, 15) is 0 Å². The number of hydrogen-bond donors (Lipinski definition) is 1. The molecule has 4 heteroatoms. The van der Waals surface area contributed by atoms with Gasteiger partial charge in [-0.1, -0.05) is 0 Å². The van der Waals surface area contributed by atoms with Gasteiger partial charge in [-0.3, -0.25) is 9.67 Å². The summed E-state index contributed by atoms with van der Waals surface area (Å²) < 4.78 is 2.09. The van der Waals surface area contributed by atoms with Gasteiger partial charge >= 0.3 is 0 Å². The largest absolute Gasteiger partial charge is 0.315 e. The molecule has 0 unspecified atom stereocenters. The van der Waals surface area contributed by atoms with Gasteiger partial charge in [-0.2, -0.15) is 5.10 Å². The maximum atomic E-state index is 4.65. The average molecular weight is 228 g/mol. The van der Waals surface area contributed by atoms with E-state index < -0.39 is 0 Å².